The molecule has 0 N–H and O–H groups in total. The van der Waals surface area contributed by atoms with Crippen molar-refractivity contribution >= 4 is 11.7 Å². The number of rotatable bonds is 2. The van der Waals surface area contributed by atoms with Gasteiger partial charge in [0.2, 0.25) is 5.91 Å². The molecular weight excluding hydrogens is 226 g/mol. The molecule has 0 radical (unpaired) electrons. The van der Waals surface area contributed by atoms with Gasteiger partial charge in [-0.25, -0.2) is 0 Å². The second-order valence-electron chi connectivity index (χ2n) is 4.51. The summed E-state index contributed by atoms with van der Waals surface area (Å²) in [5, 5.41) is 0. The predicted molar refractivity (Wildman–Crippen MR) is 70.0 cm³/mol. The van der Waals surface area contributed by atoms with E-state index in [-0.39, 0.29) is 17.7 Å². The van der Waals surface area contributed by atoms with Gasteiger partial charge in [0.15, 0.2) is 0 Å². The molecule has 1 saturated heterocycles. The van der Waals surface area contributed by atoms with Crippen LogP contribution in [0.1, 0.15) is 30.9 Å². The van der Waals surface area contributed by atoms with Gasteiger partial charge in [0, 0.05) is 19.4 Å². The average molecular weight is 243 g/mol. The molecule has 18 heavy (non-hydrogen) atoms. The summed E-state index contributed by atoms with van der Waals surface area (Å²) < 4.78 is 0. The molecule has 0 aliphatic carbocycles. The lowest BCUT2D eigenvalue weighted by Crippen LogP contribution is -2.33. The first-order valence-corrected chi connectivity index (χ1v) is 6.22. The Morgan fingerprint density at radius 1 is 1.33 bits per heavy atom. The SMILES string of the molecule is C=CC(=O)N1CCCC(=O)CC1c1ccccc1. The highest BCUT2D eigenvalue weighted by atomic mass is 16.2. The molecule has 1 fully saturated rings. The van der Waals surface area contributed by atoms with Crippen LogP contribution in [0.4, 0.5) is 0 Å². The van der Waals surface area contributed by atoms with Crippen molar-refractivity contribution in [1.29, 1.82) is 0 Å². The summed E-state index contributed by atoms with van der Waals surface area (Å²) in [6.07, 6.45) is 3.03. The van der Waals surface area contributed by atoms with Crippen LogP contribution in [0.3, 0.4) is 0 Å². The van der Waals surface area contributed by atoms with Gasteiger partial charge in [0.05, 0.1) is 6.04 Å². The topological polar surface area (TPSA) is 37.4 Å². The van der Waals surface area contributed by atoms with E-state index in [4.69, 9.17) is 0 Å². The Morgan fingerprint density at radius 2 is 2.06 bits per heavy atom. The number of ketones is 1. The molecule has 1 amide bonds. The minimum atomic E-state index is -0.147. The van der Waals surface area contributed by atoms with Crippen molar-refractivity contribution < 1.29 is 9.59 Å². The van der Waals surface area contributed by atoms with Crippen molar-refractivity contribution in [2.24, 2.45) is 0 Å². The first kappa shape index (κ1) is 12.6. The van der Waals surface area contributed by atoms with Gasteiger partial charge >= 0.3 is 0 Å². The molecule has 94 valence electrons. The van der Waals surface area contributed by atoms with E-state index in [1.807, 2.05) is 30.3 Å². The summed E-state index contributed by atoms with van der Waals surface area (Å²) in [5.41, 5.74) is 1.02. The maximum absolute atomic E-state index is 11.9. The summed E-state index contributed by atoms with van der Waals surface area (Å²) in [6.45, 7) is 4.16. The minimum absolute atomic E-state index is 0.0986. The standard InChI is InChI=1S/C15H17NO2/c1-2-15(18)16-10-6-9-13(17)11-14(16)12-7-4-3-5-8-12/h2-5,7-8,14H,1,6,9-11H2. The average Bonchev–Trinajstić information content (AvgIpc) is 2.60. The molecule has 1 aromatic carbocycles. The van der Waals surface area contributed by atoms with E-state index in [0.29, 0.717) is 19.4 Å². The molecule has 1 aromatic rings. The molecule has 2 rings (SSSR count). The van der Waals surface area contributed by atoms with Crippen LogP contribution in [0.5, 0.6) is 0 Å². The molecule has 0 spiro atoms. The van der Waals surface area contributed by atoms with Crippen molar-refractivity contribution in [3.8, 4) is 0 Å². The maximum atomic E-state index is 11.9. The van der Waals surface area contributed by atoms with Gasteiger partial charge in [-0.05, 0) is 18.1 Å². The van der Waals surface area contributed by atoms with E-state index in [1.165, 1.54) is 6.08 Å². The van der Waals surface area contributed by atoms with Crippen LogP contribution in [-0.4, -0.2) is 23.1 Å². The highest BCUT2D eigenvalue weighted by molar-refractivity contribution is 5.88. The molecule has 0 aromatic heterocycles. The number of hydrogen-bond donors (Lipinski definition) is 0. The Morgan fingerprint density at radius 3 is 2.72 bits per heavy atom. The van der Waals surface area contributed by atoms with Crippen LogP contribution in [0.25, 0.3) is 0 Å². The Kier molecular flexibility index (Phi) is 3.92. The number of carbonyl (C=O) groups excluding carboxylic acids is 2. The fourth-order valence-electron chi connectivity index (χ4n) is 2.38. The van der Waals surface area contributed by atoms with E-state index in [9.17, 15) is 9.59 Å². The molecule has 0 saturated carbocycles. The normalized spacial score (nSPS) is 20.3. The van der Waals surface area contributed by atoms with Crippen LogP contribution >= 0.6 is 0 Å². The lowest BCUT2D eigenvalue weighted by atomic mass is 10.00. The van der Waals surface area contributed by atoms with Gasteiger partial charge in [-0.1, -0.05) is 36.9 Å². The third kappa shape index (κ3) is 2.67. The monoisotopic (exact) mass is 243 g/mol. The second kappa shape index (κ2) is 5.63. The zero-order valence-corrected chi connectivity index (χ0v) is 10.3. The Bertz CT molecular complexity index is 453. The number of Topliss-reactive ketones (excluding diaryl/α,β-unsaturated/α-hetero) is 1. The number of likely N-dealkylation sites (tertiary alicyclic amines) is 1. The van der Waals surface area contributed by atoms with Crippen LogP contribution < -0.4 is 0 Å². The number of benzene rings is 1. The van der Waals surface area contributed by atoms with Crippen molar-refractivity contribution in [1.82, 2.24) is 4.90 Å². The lowest BCUT2D eigenvalue weighted by molar-refractivity contribution is -0.128. The van der Waals surface area contributed by atoms with Crippen LogP contribution in [-0.2, 0) is 9.59 Å². The van der Waals surface area contributed by atoms with E-state index in [0.717, 1.165) is 12.0 Å². The van der Waals surface area contributed by atoms with Gasteiger partial charge in [0.25, 0.3) is 0 Å². The highest BCUT2D eigenvalue weighted by Gasteiger charge is 2.28. The molecule has 1 unspecified atom stereocenters. The first-order valence-electron chi connectivity index (χ1n) is 6.22. The second-order valence-corrected chi connectivity index (χ2v) is 4.51. The van der Waals surface area contributed by atoms with E-state index in [2.05, 4.69) is 6.58 Å². The molecular formula is C15H17NO2. The van der Waals surface area contributed by atoms with E-state index in [1.54, 1.807) is 4.90 Å². The fraction of sp³-hybridized carbons (Fsp3) is 0.333. The number of nitrogens with zero attached hydrogens (tertiary/aromatic N) is 1. The van der Waals surface area contributed by atoms with Gasteiger partial charge in [-0.2, -0.15) is 0 Å². The Labute approximate surface area is 107 Å². The zero-order chi connectivity index (χ0) is 13.0. The van der Waals surface area contributed by atoms with Crippen LogP contribution in [0.2, 0.25) is 0 Å². The van der Waals surface area contributed by atoms with Crippen molar-refractivity contribution in [2.75, 3.05) is 6.54 Å². The molecule has 1 heterocycles. The molecule has 0 bridgehead atoms. The first-order chi connectivity index (χ1) is 8.72. The number of hydrogen-bond acceptors (Lipinski definition) is 2. The summed E-state index contributed by atoms with van der Waals surface area (Å²) in [7, 11) is 0. The molecule has 1 atom stereocenters. The fourth-order valence-corrected chi connectivity index (χ4v) is 2.38. The van der Waals surface area contributed by atoms with Gasteiger partial charge < -0.3 is 4.90 Å². The van der Waals surface area contributed by atoms with Gasteiger partial charge in [-0.15, -0.1) is 0 Å². The molecule has 3 heteroatoms. The largest absolute Gasteiger partial charge is 0.332 e. The molecule has 1 aliphatic rings. The van der Waals surface area contributed by atoms with E-state index < -0.39 is 0 Å². The Balaban J connectivity index is 2.33. The predicted octanol–water partition coefficient (Wildman–Crippen LogP) is 2.50. The molecule has 3 nitrogen and oxygen atoms in total. The quantitative estimate of drug-likeness (QED) is 0.748. The number of carbonyl (C=O) groups is 2. The summed E-state index contributed by atoms with van der Waals surface area (Å²) in [4.78, 5) is 25.4. The van der Waals surface area contributed by atoms with Gasteiger partial charge in [0.1, 0.15) is 5.78 Å². The van der Waals surface area contributed by atoms with Crippen molar-refractivity contribution in [3.05, 3.63) is 48.6 Å². The van der Waals surface area contributed by atoms with Crippen molar-refractivity contribution in [2.45, 2.75) is 25.3 Å². The maximum Gasteiger partial charge on any atom is 0.246 e. The number of amides is 1. The zero-order valence-electron chi connectivity index (χ0n) is 10.3. The summed E-state index contributed by atoms with van der Waals surface area (Å²) >= 11 is 0. The van der Waals surface area contributed by atoms with Gasteiger partial charge in [-0.3, -0.25) is 9.59 Å². The van der Waals surface area contributed by atoms with Crippen molar-refractivity contribution in [3.63, 3.8) is 0 Å². The highest BCUT2D eigenvalue weighted by Crippen LogP contribution is 2.28. The summed E-state index contributed by atoms with van der Waals surface area (Å²) in [6, 6.07) is 9.58. The smallest absolute Gasteiger partial charge is 0.246 e. The third-order valence-electron chi connectivity index (χ3n) is 3.29. The third-order valence-corrected chi connectivity index (χ3v) is 3.29. The minimum Gasteiger partial charge on any atom is -0.332 e. The van der Waals surface area contributed by atoms with E-state index >= 15 is 0 Å². The summed E-state index contributed by atoms with van der Waals surface area (Å²) in [5.74, 6) is 0.127. The van der Waals surface area contributed by atoms with Crippen LogP contribution in [0, 0.1) is 0 Å². The molecule has 1 aliphatic heterocycles. The Hall–Kier alpha value is -1.90. The lowest BCUT2D eigenvalue weighted by Gasteiger charge is -2.29. The van der Waals surface area contributed by atoms with Crippen LogP contribution in [0.15, 0.2) is 43.0 Å².